The molecule has 0 spiro atoms. The van der Waals surface area contributed by atoms with Crippen molar-refractivity contribution in [1.29, 1.82) is 0 Å². The molecule has 1 fully saturated rings. The quantitative estimate of drug-likeness (QED) is 0.499. The average molecular weight is 440 g/mol. The molecule has 1 saturated heterocycles. The largest absolute Gasteiger partial charge is 0.497 e. The number of anilines is 3. The number of methoxy groups -OCH3 is 1. The van der Waals surface area contributed by atoms with E-state index in [4.69, 9.17) is 9.72 Å². The first-order valence-electron chi connectivity index (χ1n) is 11.0. The first kappa shape index (κ1) is 20.8. The maximum atomic E-state index is 13.6. The number of aromatic nitrogens is 2. The fourth-order valence-electron chi connectivity index (χ4n) is 4.09. The number of para-hydroxylation sites is 1. The van der Waals surface area contributed by atoms with Gasteiger partial charge in [-0.05, 0) is 48.5 Å². The number of fused-ring (bicyclic) bond motifs is 1. The summed E-state index contributed by atoms with van der Waals surface area (Å²) in [6.45, 7) is 2.80. The van der Waals surface area contributed by atoms with Gasteiger partial charge in [-0.15, -0.1) is 0 Å². The maximum absolute atomic E-state index is 13.6. The van der Waals surface area contributed by atoms with Crippen molar-refractivity contribution in [3.63, 3.8) is 0 Å². The number of hydrogen-bond acceptors (Lipinski definition) is 6. The van der Waals surface area contributed by atoms with Crippen LogP contribution in [0.25, 0.3) is 10.9 Å². The van der Waals surface area contributed by atoms with Crippen molar-refractivity contribution in [2.75, 3.05) is 43.5 Å². The molecule has 2 aromatic heterocycles. The van der Waals surface area contributed by atoms with Crippen LogP contribution < -0.4 is 15.0 Å². The zero-order valence-electron chi connectivity index (χ0n) is 18.4. The maximum Gasteiger partial charge on any atom is 0.254 e. The minimum Gasteiger partial charge on any atom is -0.497 e. The summed E-state index contributed by atoms with van der Waals surface area (Å²) < 4.78 is 5.23. The number of nitrogens with one attached hydrogen (secondary N) is 1. The molecule has 1 aliphatic heterocycles. The minimum absolute atomic E-state index is 0.0204. The summed E-state index contributed by atoms with van der Waals surface area (Å²) in [5, 5.41) is 4.18. The Balaban J connectivity index is 1.39. The highest BCUT2D eigenvalue weighted by atomic mass is 16.5. The average Bonchev–Trinajstić information content (AvgIpc) is 2.89. The van der Waals surface area contributed by atoms with E-state index in [1.807, 2.05) is 77.7 Å². The van der Waals surface area contributed by atoms with Crippen molar-refractivity contribution in [2.45, 2.75) is 0 Å². The van der Waals surface area contributed by atoms with Crippen molar-refractivity contribution in [2.24, 2.45) is 0 Å². The van der Waals surface area contributed by atoms with E-state index in [2.05, 4.69) is 15.2 Å². The Morgan fingerprint density at radius 2 is 1.70 bits per heavy atom. The number of nitrogens with zero attached hydrogens (tertiary/aromatic N) is 4. The summed E-state index contributed by atoms with van der Waals surface area (Å²) in [6.07, 6.45) is 1.80. The molecule has 0 aliphatic carbocycles. The van der Waals surface area contributed by atoms with Crippen LogP contribution >= 0.6 is 0 Å². The van der Waals surface area contributed by atoms with Crippen LogP contribution in [0.4, 0.5) is 17.3 Å². The lowest BCUT2D eigenvalue weighted by Crippen LogP contribution is -2.49. The van der Waals surface area contributed by atoms with Crippen molar-refractivity contribution in [1.82, 2.24) is 14.9 Å². The standard InChI is InChI=1S/C26H25N5O2/c1-33-20-11-9-19(10-12-20)28-24-18-22(21-6-2-3-7-23(21)29-24)26(32)31-16-14-30(15-17-31)25-8-4-5-13-27-25/h2-13,18H,14-17H2,1H3,(H,28,29). The van der Waals surface area contributed by atoms with Crippen LogP contribution in [0.1, 0.15) is 10.4 Å². The van der Waals surface area contributed by atoms with Gasteiger partial charge in [0.1, 0.15) is 17.4 Å². The van der Waals surface area contributed by atoms with Crippen molar-refractivity contribution < 1.29 is 9.53 Å². The molecule has 0 bridgehead atoms. The molecule has 0 saturated carbocycles. The molecule has 3 heterocycles. The lowest BCUT2D eigenvalue weighted by Gasteiger charge is -2.35. The number of ether oxygens (including phenoxy) is 1. The van der Waals surface area contributed by atoms with Crippen LogP contribution in [-0.2, 0) is 0 Å². The first-order chi connectivity index (χ1) is 16.2. The summed E-state index contributed by atoms with van der Waals surface area (Å²) in [4.78, 5) is 26.8. The number of carbonyl (C=O) groups excluding carboxylic acids is 1. The third-order valence-corrected chi connectivity index (χ3v) is 5.85. The van der Waals surface area contributed by atoms with Gasteiger partial charge in [0.05, 0.1) is 18.2 Å². The number of piperazine rings is 1. The monoisotopic (exact) mass is 439 g/mol. The van der Waals surface area contributed by atoms with Crippen LogP contribution in [0.5, 0.6) is 5.75 Å². The number of benzene rings is 2. The van der Waals surface area contributed by atoms with Gasteiger partial charge in [0.2, 0.25) is 0 Å². The van der Waals surface area contributed by atoms with Gasteiger partial charge in [0, 0.05) is 43.4 Å². The topological polar surface area (TPSA) is 70.6 Å². The van der Waals surface area contributed by atoms with E-state index in [1.54, 1.807) is 13.3 Å². The summed E-state index contributed by atoms with van der Waals surface area (Å²) in [5.74, 6) is 2.39. The Labute approximate surface area is 192 Å². The summed E-state index contributed by atoms with van der Waals surface area (Å²) >= 11 is 0. The molecule has 5 rings (SSSR count). The third kappa shape index (κ3) is 4.43. The van der Waals surface area contributed by atoms with Crippen LogP contribution in [0.15, 0.2) is 79.0 Å². The highest BCUT2D eigenvalue weighted by molar-refractivity contribution is 6.07. The zero-order chi connectivity index (χ0) is 22.6. The number of pyridine rings is 2. The van der Waals surface area contributed by atoms with Gasteiger partial charge in [-0.1, -0.05) is 24.3 Å². The number of carbonyl (C=O) groups is 1. The zero-order valence-corrected chi connectivity index (χ0v) is 18.4. The molecule has 33 heavy (non-hydrogen) atoms. The summed E-state index contributed by atoms with van der Waals surface area (Å²) in [6, 6.07) is 23.1. The lowest BCUT2D eigenvalue weighted by molar-refractivity contribution is 0.0748. The highest BCUT2D eigenvalue weighted by Gasteiger charge is 2.24. The number of hydrogen-bond donors (Lipinski definition) is 1. The predicted octanol–water partition coefficient (Wildman–Crippen LogP) is 4.34. The van der Waals surface area contributed by atoms with Gasteiger partial charge >= 0.3 is 0 Å². The van der Waals surface area contributed by atoms with Gasteiger partial charge in [0.15, 0.2) is 0 Å². The van der Waals surface area contributed by atoms with Crippen molar-refractivity contribution >= 4 is 34.1 Å². The third-order valence-electron chi connectivity index (χ3n) is 5.85. The molecule has 4 aromatic rings. The smallest absolute Gasteiger partial charge is 0.254 e. The molecule has 0 atom stereocenters. The van der Waals surface area contributed by atoms with Gasteiger partial charge in [-0.25, -0.2) is 9.97 Å². The molecule has 0 unspecified atom stereocenters. The second-order valence-electron chi connectivity index (χ2n) is 7.89. The van der Waals surface area contributed by atoms with E-state index in [1.165, 1.54) is 0 Å². The van der Waals surface area contributed by atoms with Gasteiger partial charge in [0.25, 0.3) is 5.91 Å². The van der Waals surface area contributed by atoms with E-state index in [0.29, 0.717) is 24.5 Å². The van der Waals surface area contributed by atoms with Gasteiger partial charge in [-0.3, -0.25) is 4.79 Å². The van der Waals surface area contributed by atoms with E-state index >= 15 is 0 Å². The minimum atomic E-state index is 0.0204. The van der Waals surface area contributed by atoms with E-state index < -0.39 is 0 Å². The molecule has 1 N–H and O–H groups in total. The normalized spacial score (nSPS) is 13.7. The van der Waals surface area contributed by atoms with Crippen molar-refractivity contribution in [3.8, 4) is 5.75 Å². The van der Waals surface area contributed by atoms with Crippen LogP contribution in [0, 0.1) is 0 Å². The molecular formula is C26H25N5O2. The van der Waals surface area contributed by atoms with Crippen LogP contribution in [0.3, 0.4) is 0 Å². The lowest BCUT2D eigenvalue weighted by atomic mass is 10.1. The van der Waals surface area contributed by atoms with Crippen LogP contribution in [0.2, 0.25) is 0 Å². The molecular weight excluding hydrogens is 414 g/mol. The molecule has 2 aromatic carbocycles. The fourth-order valence-corrected chi connectivity index (χ4v) is 4.09. The predicted molar refractivity (Wildman–Crippen MR) is 130 cm³/mol. The molecule has 7 heteroatoms. The molecule has 1 amide bonds. The van der Waals surface area contributed by atoms with Crippen molar-refractivity contribution in [3.05, 3.63) is 84.6 Å². The van der Waals surface area contributed by atoms with Gasteiger partial charge in [-0.2, -0.15) is 0 Å². The molecule has 1 aliphatic rings. The SMILES string of the molecule is COc1ccc(Nc2cc(C(=O)N3CCN(c4ccccn4)CC3)c3ccccc3n2)cc1. The van der Waals surface area contributed by atoms with E-state index in [0.717, 1.165) is 41.2 Å². The Bertz CT molecular complexity index is 1250. The fraction of sp³-hybridized carbons (Fsp3) is 0.192. The van der Waals surface area contributed by atoms with Crippen LogP contribution in [-0.4, -0.2) is 54.1 Å². The second-order valence-corrected chi connectivity index (χ2v) is 7.89. The molecule has 7 nitrogen and oxygen atoms in total. The second kappa shape index (κ2) is 9.16. The number of rotatable bonds is 5. The Hall–Kier alpha value is -4.13. The summed E-state index contributed by atoms with van der Waals surface area (Å²) in [7, 11) is 1.64. The number of amides is 1. The summed E-state index contributed by atoms with van der Waals surface area (Å²) in [5.41, 5.74) is 2.32. The molecule has 166 valence electrons. The Morgan fingerprint density at radius 3 is 2.42 bits per heavy atom. The van der Waals surface area contributed by atoms with E-state index in [-0.39, 0.29) is 5.91 Å². The first-order valence-corrected chi connectivity index (χ1v) is 11.0. The molecule has 0 radical (unpaired) electrons. The highest BCUT2D eigenvalue weighted by Crippen LogP contribution is 2.26. The van der Waals surface area contributed by atoms with E-state index in [9.17, 15) is 4.79 Å². The van der Waals surface area contributed by atoms with Gasteiger partial charge < -0.3 is 19.9 Å². The Kier molecular flexibility index (Phi) is 5.76. The Morgan fingerprint density at radius 1 is 0.939 bits per heavy atom.